The first-order valence-electron chi connectivity index (χ1n) is 5.87. The molecule has 1 fully saturated rings. The van der Waals surface area contributed by atoms with E-state index in [9.17, 15) is 5.11 Å². The number of hydrogen-bond donors (Lipinski definition) is 1. The van der Waals surface area contributed by atoms with Gasteiger partial charge in [0, 0.05) is 18.3 Å². The minimum absolute atomic E-state index is 0.0191. The Morgan fingerprint density at radius 3 is 2.60 bits per heavy atom. The molecule has 1 saturated heterocycles. The summed E-state index contributed by atoms with van der Waals surface area (Å²) in [4.78, 5) is 2.41. The predicted octanol–water partition coefficient (Wildman–Crippen LogP) is 2.22. The number of thioether (sulfide) groups is 1. The Morgan fingerprint density at radius 1 is 1.47 bits per heavy atom. The van der Waals surface area contributed by atoms with Crippen molar-refractivity contribution in [2.45, 2.75) is 45.8 Å². The Balaban J connectivity index is 2.24. The van der Waals surface area contributed by atoms with Crippen LogP contribution in [0.3, 0.4) is 0 Å². The van der Waals surface area contributed by atoms with Crippen molar-refractivity contribution >= 4 is 11.8 Å². The van der Waals surface area contributed by atoms with Crippen LogP contribution in [0.15, 0.2) is 0 Å². The number of aliphatic hydroxyl groups excluding tert-OH is 1. The first-order chi connectivity index (χ1) is 6.91. The summed E-state index contributed by atoms with van der Waals surface area (Å²) in [6.07, 6.45) is 2.02. The molecule has 0 aromatic carbocycles. The molecule has 0 spiro atoms. The zero-order valence-corrected chi connectivity index (χ0v) is 11.3. The van der Waals surface area contributed by atoms with E-state index in [2.05, 4.69) is 32.7 Å². The van der Waals surface area contributed by atoms with E-state index in [1.807, 2.05) is 11.8 Å². The standard InChI is InChI=1S/C12H25NOS/c1-12(2,3)11(14)5-7-13(4)10-6-8-15-9-10/h10-11,14H,5-9H2,1-4H3. The van der Waals surface area contributed by atoms with E-state index < -0.39 is 0 Å². The van der Waals surface area contributed by atoms with E-state index >= 15 is 0 Å². The van der Waals surface area contributed by atoms with Gasteiger partial charge >= 0.3 is 0 Å². The van der Waals surface area contributed by atoms with Crippen molar-refractivity contribution in [2.75, 3.05) is 25.1 Å². The molecule has 2 nitrogen and oxygen atoms in total. The van der Waals surface area contributed by atoms with E-state index in [4.69, 9.17) is 0 Å². The van der Waals surface area contributed by atoms with Crippen LogP contribution in [-0.2, 0) is 0 Å². The van der Waals surface area contributed by atoms with Crippen LogP contribution in [-0.4, -0.2) is 47.3 Å². The van der Waals surface area contributed by atoms with Crippen LogP contribution in [0, 0.1) is 5.41 Å². The second-order valence-corrected chi connectivity index (χ2v) is 6.82. The first kappa shape index (κ1) is 13.3. The third kappa shape index (κ3) is 4.33. The Labute approximate surface area is 98.4 Å². The van der Waals surface area contributed by atoms with Crippen molar-refractivity contribution in [2.24, 2.45) is 5.41 Å². The van der Waals surface area contributed by atoms with E-state index in [0.29, 0.717) is 0 Å². The van der Waals surface area contributed by atoms with Crippen LogP contribution in [0.5, 0.6) is 0 Å². The largest absolute Gasteiger partial charge is 0.393 e. The highest BCUT2D eigenvalue weighted by Gasteiger charge is 2.24. The van der Waals surface area contributed by atoms with Crippen molar-refractivity contribution < 1.29 is 5.11 Å². The second-order valence-electron chi connectivity index (χ2n) is 5.67. The lowest BCUT2D eigenvalue weighted by atomic mass is 9.87. The highest BCUT2D eigenvalue weighted by atomic mass is 32.2. The van der Waals surface area contributed by atoms with Crippen LogP contribution >= 0.6 is 11.8 Å². The molecule has 0 aromatic rings. The van der Waals surface area contributed by atoms with Crippen molar-refractivity contribution in [3.8, 4) is 0 Å². The lowest BCUT2D eigenvalue weighted by Crippen LogP contribution is -2.36. The molecule has 1 rings (SSSR count). The maximum absolute atomic E-state index is 9.95. The minimum Gasteiger partial charge on any atom is -0.393 e. The van der Waals surface area contributed by atoms with Gasteiger partial charge in [0.25, 0.3) is 0 Å². The van der Waals surface area contributed by atoms with E-state index in [1.54, 1.807) is 0 Å². The van der Waals surface area contributed by atoms with Gasteiger partial charge in [0.1, 0.15) is 0 Å². The average Bonchev–Trinajstić information content (AvgIpc) is 2.64. The van der Waals surface area contributed by atoms with Crippen LogP contribution in [0.1, 0.15) is 33.6 Å². The smallest absolute Gasteiger partial charge is 0.0600 e. The zero-order chi connectivity index (χ0) is 11.5. The second kappa shape index (κ2) is 5.55. The van der Waals surface area contributed by atoms with Gasteiger partial charge in [0.15, 0.2) is 0 Å². The fraction of sp³-hybridized carbons (Fsp3) is 1.00. The van der Waals surface area contributed by atoms with Gasteiger partial charge in [-0.05, 0) is 31.1 Å². The minimum atomic E-state index is -0.186. The van der Waals surface area contributed by atoms with Gasteiger partial charge < -0.3 is 10.0 Å². The lowest BCUT2D eigenvalue weighted by molar-refractivity contribution is 0.0451. The fourth-order valence-electron chi connectivity index (χ4n) is 1.81. The molecule has 1 aliphatic rings. The van der Waals surface area contributed by atoms with Crippen molar-refractivity contribution in [3.63, 3.8) is 0 Å². The third-order valence-electron chi connectivity index (χ3n) is 3.28. The Kier molecular flexibility index (Phi) is 4.94. The quantitative estimate of drug-likeness (QED) is 0.802. The molecule has 0 amide bonds. The van der Waals surface area contributed by atoms with Crippen LogP contribution < -0.4 is 0 Å². The van der Waals surface area contributed by atoms with Gasteiger partial charge in [-0.15, -0.1) is 0 Å². The van der Waals surface area contributed by atoms with Gasteiger partial charge in [-0.2, -0.15) is 11.8 Å². The normalized spacial score (nSPS) is 24.8. The maximum atomic E-state index is 9.95. The maximum Gasteiger partial charge on any atom is 0.0600 e. The molecule has 0 radical (unpaired) electrons. The lowest BCUT2D eigenvalue weighted by Gasteiger charge is -2.29. The molecule has 1 heterocycles. The highest BCUT2D eigenvalue weighted by Crippen LogP contribution is 2.24. The van der Waals surface area contributed by atoms with Gasteiger partial charge in [-0.25, -0.2) is 0 Å². The summed E-state index contributed by atoms with van der Waals surface area (Å²) in [7, 11) is 2.19. The predicted molar refractivity (Wildman–Crippen MR) is 68.4 cm³/mol. The molecule has 15 heavy (non-hydrogen) atoms. The zero-order valence-electron chi connectivity index (χ0n) is 10.5. The highest BCUT2D eigenvalue weighted by molar-refractivity contribution is 7.99. The Bertz CT molecular complexity index is 185. The van der Waals surface area contributed by atoms with Crippen LogP contribution in [0.2, 0.25) is 0 Å². The summed E-state index contributed by atoms with van der Waals surface area (Å²) in [5.41, 5.74) is 0.0191. The molecule has 2 atom stereocenters. The molecule has 1 N–H and O–H groups in total. The van der Waals surface area contributed by atoms with Crippen molar-refractivity contribution in [1.82, 2.24) is 4.90 Å². The molecule has 0 bridgehead atoms. The summed E-state index contributed by atoms with van der Waals surface area (Å²) in [6.45, 7) is 7.32. The average molecular weight is 231 g/mol. The Morgan fingerprint density at radius 2 is 2.13 bits per heavy atom. The molecule has 2 unspecified atom stereocenters. The summed E-state index contributed by atoms with van der Waals surface area (Å²) in [6, 6.07) is 0.738. The van der Waals surface area contributed by atoms with Gasteiger partial charge in [-0.3, -0.25) is 0 Å². The fourth-order valence-corrected chi connectivity index (χ4v) is 3.11. The van der Waals surface area contributed by atoms with E-state index in [1.165, 1.54) is 17.9 Å². The Hall–Kier alpha value is 0.270. The van der Waals surface area contributed by atoms with Gasteiger partial charge in [0.2, 0.25) is 0 Å². The summed E-state index contributed by atoms with van der Waals surface area (Å²) in [5, 5.41) is 9.95. The molecule has 0 aliphatic carbocycles. The third-order valence-corrected chi connectivity index (χ3v) is 4.43. The van der Waals surface area contributed by atoms with Crippen LogP contribution in [0.4, 0.5) is 0 Å². The molecule has 0 aromatic heterocycles. The number of hydrogen-bond acceptors (Lipinski definition) is 3. The molecular weight excluding hydrogens is 206 g/mol. The monoisotopic (exact) mass is 231 g/mol. The van der Waals surface area contributed by atoms with Gasteiger partial charge in [0.05, 0.1) is 6.10 Å². The molecule has 0 saturated carbocycles. The molecule has 90 valence electrons. The van der Waals surface area contributed by atoms with Gasteiger partial charge in [-0.1, -0.05) is 20.8 Å². The van der Waals surface area contributed by atoms with E-state index in [0.717, 1.165) is 19.0 Å². The number of nitrogens with zero attached hydrogens (tertiary/aromatic N) is 1. The first-order valence-corrected chi connectivity index (χ1v) is 7.03. The summed E-state index contributed by atoms with van der Waals surface area (Å²) < 4.78 is 0. The van der Waals surface area contributed by atoms with E-state index in [-0.39, 0.29) is 11.5 Å². The summed E-state index contributed by atoms with van der Waals surface area (Å²) >= 11 is 2.05. The number of aliphatic hydroxyl groups is 1. The molecule has 1 aliphatic heterocycles. The SMILES string of the molecule is CN(CCC(O)C(C)(C)C)C1CCSC1. The molecule has 3 heteroatoms. The van der Waals surface area contributed by atoms with Crippen LogP contribution in [0.25, 0.3) is 0 Å². The summed E-state index contributed by atoms with van der Waals surface area (Å²) in [5.74, 6) is 2.57. The number of rotatable bonds is 4. The topological polar surface area (TPSA) is 23.5 Å². The van der Waals surface area contributed by atoms with Crippen molar-refractivity contribution in [3.05, 3.63) is 0 Å². The van der Waals surface area contributed by atoms with Crippen molar-refractivity contribution in [1.29, 1.82) is 0 Å². The molecular formula is C12H25NOS.